The number of fused-ring (bicyclic) bond motifs is 1. The molecule has 1 unspecified atom stereocenters. The fraction of sp³-hybridized carbons (Fsp3) is 0.429. The summed E-state index contributed by atoms with van der Waals surface area (Å²) in [4.78, 5) is 27.4. The van der Waals surface area contributed by atoms with Crippen molar-refractivity contribution in [2.75, 3.05) is 26.8 Å². The fourth-order valence-corrected chi connectivity index (χ4v) is 5.55. The van der Waals surface area contributed by atoms with Crippen LogP contribution in [0.4, 0.5) is 13.2 Å². The lowest BCUT2D eigenvalue weighted by Gasteiger charge is -2.46. The molecule has 0 aliphatic carbocycles. The molecule has 0 N–H and O–H groups in total. The van der Waals surface area contributed by atoms with E-state index < -0.39 is 35.0 Å². The van der Waals surface area contributed by atoms with E-state index in [1.807, 2.05) is 6.07 Å². The first-order valence-corrected chi connectivity index (χ1v) is 12.6. The quantitative estimate of drug-likeness (QED) is 0.386. The number of nitriles is 1. The molecule has 1 aliphatic rings. The summed E-state index contributed by atoms with van der Waals surface area (Å²) in [5.41, 5.74) is -3.21. The van der Waals surface area contributed by atoms with Crippen LogP contribution in [-0.4, -0.2) is 59.4 Å². The number of ether oxygens (including phenoxy) is 2. The van der Waals surface area contributed by atoms with E-state index in [1.54, 1.807) is 41.9 Å². The first-order valence-electron chi connectivity index (χ1n) is 12.6. The summed E-state index contributed by atoms with van der Waals surface area (Å²) in [6.07, 6.45) is -3.38. The lowest BCUT2D eigenvalue weighted by molar-refractivity contribution is -0.271. The number of amides is 1. The monoisotopic (exact) mass is 542 g/mol. The Bertz CT molecular complexity index is 1360. The van der Waals surface area contributed by atoms with Gasteiger partial charge < -0.3 is 14.4 Å². The number of hydrogen-bond donors (Lipinski definition) is 0. The molecule has 8 nitrogen and oxygen atoms in total. The van der Waals surface area contributed by atoms with Gasteiger partial charge in [0.15, 0.2) is 0 Å². The highest BCUT2D eigenvalue weighted by molar-refractivity contribution is 5.88. The zero-order valence-electron chi connectivity index (χ0n) is 21.6. The first-order chi connectivity index (χ1) is 18.6. The van der Waals surface area contributed by atoms with E-state index in [-0.39, 0.29) is 44.5 Å². The second-order valence-corrected chi connectivity index (χ2v) is 9.57. The third-order valence-electron chi connectivity index (χ3n) is 7.52. The topological polar surface area (TPSA) is 96.9 Å². The minimum atomic E-state index is -5.04. The Morgan fingerprint density at radius 2 is 1.79 bits per heavy atom. The van der Waals surface area contributed by atoms with Crippen molar-refractivity contribution in [3.05, 3.63) is 72.1 Å². The van der Waals surface area contributed by atoms with Gasteiger partial charge in [-0.2, -0.15) is 23.5 Å². The predicted octanol–water partition coefficient (Wildman–Crippen LogP) is 4.61. The summed E-state index contributed by atoms with van der Waals surface area (Å²) in [6, 6.07) is 16.2. The Balaban J connectivity index is 1.70. The summed E-state index contributed by atoms with van der Waals surface area (Å²) in [7, 11) is 0.865. The molecule has 1 aromatic carbocycles. The molecule has 0 bridgehead atoms. The van der Waals surface area contributed by atoms with Crippen LogP contribution in [0.3, 0.4) is 0 Å². The van der Waals surface area contributed by atoms with Gasteiger partial charge in [-0.25, -0.2) is 4.52 Å². The second kappa shape index (κ2) is 11.1. The van der Waals surface area contributed by atoms with Crippen molar-refractivity contribution in [3.8, 4) is 6.07 Å². The average Bonchev–Trinajstić information content (AvgIpc) is 3.40. The molecule has 2 aromatic heterocycles. The molecular weight excluding hydrogens is 513 g/mol. The van der Waals surface area contributed by atoms with Crippen molar-refractivity contribution in [2.24, 2.45) is 5.41 Å². The predicted molar refractivity (Wildman–Crippen MR) is 134 cm³/mol. The maximum Gasteiger partial charge on any atom is 0.430 e. The van der Waals surface area contributed by atoms with Crippen LogP contribution in [0.25, 0.3) is 5.52 Å². The van der Waals surface area contributed by atoms with Gasteiger partial charge in [0, 0.05) is 37.4 Å². The fourth-order valence-electron chi connectivity index (χ4n) is 5.55. The van der Waals surface area contributed by atoms with E-state index in [1.165, 1.54) is 24.3 Å². The molecule has 3 heterocycles. The van der Waals surface area contributed by atoms with Crippen molar-refractivity contribution in [1.82, 2.24) is 14.5 Å². The Kier molecular flexibility index (Phi) is 7.97. The van der Waals surface area contributed by atoms with Gasteiger partial charge in [-0.15, -0.1) is 0 Å². The molecule has 1 fully saturated rings. The Morgan fingerprint density at radius 1 is 1.10 bits per heavy atom. The standard InChI is InChI=1S/C28H29F3N4O4/c1-3-39-24(36)18-26(22(19-32)23-11-7-10-21-12-15-33-35(21)23)13-16-34(17-14-26)25(37)27(38-2,28(29,30)31)20-8-5-4-6-9-20/h4-12,15,22H,3,13-14,16-18H2,1-2H3/t22?,27-/m1/s1. The SMILES string of the molecule is CCOC(=O)CC1(C(C#N)c2cccc3ccnn23)CCN(C(=O)[C@](OC)(c2ccccc2)C(F)(F)F)CC1. The molecule has 0 spiro atoms. The van der Waals surface area contributed by atoms with Crippen LogP contribution < -0.4 is 0 Å². The highest BCUT2D eigenvalue weighted by Gasteiger charge is 2.64. The van der Waals surface area contributed by atoms with Gasteiger partial charge in [-0.05, 0) is 38.0 Å². The van der Waals surface area contributed by atoms with Crippen LogP contribution in [0.5, 0.6) is 0 Å². The number of alkyl halides is 3. The number of methoxy groups -OCH3 is 1. The molecule has 0 saturated carbocycles. The number of nitrogens with zero attached hydrogens (tertiary/aromatic N) is 4. The number of aromatic nitrogens is 2. The summed E-state index contributed by atoms with van der Waals surface area (Å²) in [5.74, 6) is -2.60. The Labute approximate surface area is 223 Å². The third-order valence-corrected chi connectivity index (χ3v) is 7.52. The molecule has 39 heavy (non-hydrogen) atoms. The maximum absolute atomic E-state index is 14.5. The minimum Gasteiger partial charge on any atom is -0.466 e. The van der Waals surface area contributed by atoms with Crippen molar-refractivity contribution in [2.45, 2.75) is 43.9 Å². The highest BCUT2D eigenvalue weighted by atomic mass is 19.4. The molecule has 4 rings (SSSR count). The van der Waals surface area contributed by atoms with Gasteiger partial charge in [0.05, 0.1) is 36.2 Å². The van der Waals surface area contributed by atoms with Gasteiger partial charge >= 0.3 is 12.1 Å². The van der Waals surface area contributed by atoms with Crippen LogP contribution in [0, 0.1) is 16.7 Å². The molecule has 11 heteroatoms. The Morgan fingerprint density at radius 3 is 2.38 bits per heavy atom. The van der Waals surface area contributed by atoms with E-state index in [9.17, 15) is 28.0 Å². The summed E-state index contributed by atoms with van der Waals surface area (Å²) >= 11 is 0. The van der Waals surface area contributed by atoms with Crippen molar-refractivity contribution in [1.29, 1.82) is 5.26 Å². The number of carbonyl (C=O) groups is 2. The zero-order valence-corrected chi connectivity index (χ0v) is 21.6. The largest absolute Gasteiger partial charge is 0.466 e. The first kappa shape index (κ1) is 28.1. The number of esters is 1. The molecule has 2 atom stereocenters. The van der Waals surface area contributed by atoms with E-state index >= 15 is 0 Å². The Hall–Kier alpha value is -3.91. The number of rotatable bonds is 8. The number of piperidine rings is 1. The van der Waals surface area contributed by atoms with Crippen molar-refractivity contribution in [3.63, 3.8) is 0 Å². The molecule has 1 amide bonds. The third kappa shape index (κ3) is 4.96. The number of likely N-dealkylation sites (tertiary alicyclic amines) is 1. The number of carbonyl (C=O) groups excluding carboxylic acids is 2. The molecule has 1 aliphatic heterocycles. The smallest absolute Gasteiger partial charge is 0.430 e. The number of halogens is 3. The number of hydrogen-bond acceptors (Lipinski definition) is 6. The van der Waals surface area contributed by atoms with Gasteiger partial charge in [-0.1, -0.05) is 36.4 Å². The van der Waals surface area contributed by atoms with Crippen LogP contribution in [0.1, 0.15) is 43.4 Å². The number of pyridine rings is 1. The van der Waals surface area contributed by atoms with Crippen molar-refractivity contribution >= 4 is 17.4 Å². The molecule has 1 saturated heterocycles. The summed E-state index contributed by atoms with van der Waals surface area (Å²) < 4.78 is 55.3. The minimum absolute atomic E-state index is 0.0971. The van der Waals surface area contributed by atoms with E-state index in [0.717, 1.165) is 17.5 Å². The summed E-state index contributed by atoms with van der Waals surface area (Å²) in [5, 5.41) is 14.7. The normalized spacial score (nSPS) is 17.7. The summed E-state index contributed by atoms with van der Waals surface area (Å²) in [6.45, 7) is 1.59. The van der Waals surface area contributed by atoms with Crippen LogP contribution in [0.15, 0.2) is 60.8 Å². The number of benzene rings is 1. The van der Waals surface area contributed by atoms with Gasteiger partial charge in [0.1, 0.15) is 0 Å². The van der Waals surface area contributed by atoms with Gasteiger partial charge in [0.2, 0.25) is 0 Å². The maximum atomic E-state index is 14.5. The lowest BCUT2D eigenvalue weighted by Crippen LogP contribution is -2.59. The van der Waals surface area contributed by atoms with E-state index in [2.05, 4.69) is 11.2 Å². The molecule has 206 valence electrons. The second-order valence-electron chi connectivity index (χ2n) is 9.57. The van der Waals surface area contributed by atoms with Crippen LogP contribution >= 0.6 is 0 Å². The lowest BCUT2D eigenvalue weighted by atomic mass is 9.65. The van der Waals surface area contributed by atoms with Crippen LogP contribution in [-0.2, 0) is 24.7 Å². The molecular formula is C28H29F3N4O4. The molecule has 0 radical (unpaired) electrons. The van der Waals surface area contributed by atoms with Crippen molar-refractivity contribution < 1.29 is 32.2 Å². The average molecular weight is 543 g/mol. The van der Waals surface area contributed by atoms with Crippen LogP contribution in [0.2, 0.25) is 0 Å². The molecule has 3 aromatic rings. The van der Waals surface area contributed by atoms with Gasteiger partial charge in [0.25, 0.3) is 11.5 Å². The zero-order chi connectivity index (χ0) is 28.3. The van der Waals surface area contributed by atoms with Gasteiger partial charge in [-0.3, -0.25) is 9.59 Å². The highest BCUT2D eigenvalue weighted by Crippen LogP contribution is 2.49. The van der Waals surface area contributed by atoms with E-state index in [4.69, 9.17) is 9.47 Å². The van der Waals surface area contributed by atoms with E-state index in [0.29, 0.717) is 5.69 Å².